The highest BCUT2D eigenvalue weighted by atomic mass is 35.5. The van der Waals surface area contributed by atoms with Gasteiger partial charge in [0.15, 0.2) is 0 Å². The molecule has 0 radical (unpaired) electrons. The van der Waals surface area contributed by atoms with Crippen LogP contribution in [0.4, 0.5) is 0 Å². The zero-order valence-corrected chi connectivity index (χ0v) is 17.5. The molecular formula is C22H27ClN4O2. The average Bonchev–Trinajstić information content (AvgIpc) is 3.12. The van der Waals surface area contributed by atoms with E-state index in [-0.39, 0.29) is 24.4 Å². The van der Waals surface area contributed by atoms with Gasteiger partial charge in [0.1, 0.15) is 11.4 Å². The predicted octanol–water partition coefficient (Wildman–Crippen LogP) is 3.50. The van der Waals surface area contributed by atoms with Gasteiger partial charge in [-0.25, -0.2) is 0 Å². The van der Waals surface area contributed by atoms with E-state index in [4.69, 9.17) is 10.5 Å². The topological polar surface area (TPSA) is 82.2 Å². The summed E-state index contributed by atoms with van der Waals surface area (Å²) in [7, 11) is 1.63. The lowest BCUT2D eigenvalue weighted by Gasteiger charge is -2.07. The number of benzene rings is 2. The normalized spacial score (nSPS) is 11.4. The fourth-order valence-electron chi connectivity index (χ4n) is 2.91. The largest absolute Gasteiger partial charge is 0.497 e. The second-order valence-electron chi connectivity index (χ2n) is 6.82. The molecule has 1 atom stereocenters. The number of nitrogens with one attached hydrogen (secondary N) is 1. The van der Waals surface area contributed by atoms with Gasteiger partial charge < -0.3 is 15.8 Å². The van der Waals surface area contributed by atoms with Crippen LogP contribution in [0.1, 0.15) is 29.3 Å². The highest BCUT2D eigenvalue weighted by Crippen LogP contribution is 2.25. The third kappa shape index (κ3) is 6.07. The minimum Gasteiger partial charge on any atom is -0.497 e. The van der Waals surface area contributed by atoms with Crippen LogP contribution in [0, 0.1) is 0 Å². The van der Waals surface area contributed by atoms with Crippen LogP contribution in [0.2, 0.25) is 0 Å². The number of hydrogen-bond acceptors (Lipinski definition) is 4. The van der Waals surface area contributed by atoms with E-state index < -0.39 is 0 Å². The van der Waals surface area contributed by atoms with E-state index in [0.717, 1.165) is 23.3 Å². The minimum absolute atomic E-state index is 0. The molecule has 0 saturated carbocycles. The minimum atomic E-state index is -0.147. The Labute approximate surface area is 177 Å². The first-order valence-electron chi connectivity index (χ1n) is 9.36. The molecule has 29 heavy (non-hydrogen) atoms. The number of ether oxygens (including phenoxy) is 1. The van der Waals surface area contributed by atoms with Crippen LogP contribution in [0.3, 0.4) is 0 Å². The number of methoxy groups -OCH3 is 1. The fourth-order valence-corrected chi connectivity index (χ4v) is 2.91. The molecule has 0 fully saturated rings. The Morgan fingerprint density at radius 1 is 1.17 bits per heavy atom. The van der Waals surface area contributed by atoms with Crippen molar-refractivity contribution in [1.82, 2.24) is 15.1 Å². The Morgan fingerprint density at radius 3 is 2.48 bits per heavy atom. The molecule has 154 valence electrons. The number of rotatable bonds is 8. The van der Waals surface area contributed by atoms with E-state index in [0.29, 0.717) is 24.3 Å². The first-order chi connectivity index (χ1) is 13.6. The van der Waals surface area contributed by atoms with Gasteiger partial charge in [0.25, 0.3) is 5.91 Å². The SMILES string of the molecule is COc1ccc(-c2nn(Cc3ccccc3)cc2C(=O)NCCC(C)N)cc1.Cl. The average molecular weight is 415 g/mol. The lowest BCUT2D eigenvalue weighted by atomic mass is 10.1. The summed E-state index contributed by atoms with van der Waals surface area (Å²) in [5.74, 6) is 0.612. The second-order valence-corrected chi connectivity index (χ2v) is 6.82. The van der Waals surface area contributed by atoms with Gasteiger partial charge >= 0.3 is 0 Å². The molecule has 0 aliphatic rings. The van der Waals surface area contributed by atoms with Crippen molar-refractivity contribution in [3.05, 3.63) is 71.9 Å². The number of carbonyl (C=O) groups excluding carboxylic acids is 1. The molecular weight excluding hydrogens is 388 g/mol. The third-order valence-electron chi connectivity index (χ3n) is 4.44. The second kappa shape index (κ2) is 10.6. The van der Waals surface area contributed by atoms with Gasteiger partial charge in [-0.15, -0.1) is 12.4 Å². The summed E-state index contributed by atoms with van der Waals surface area (Å²) in [6, 6.07) is 17.6. The van der Waals surface area contributed by atoms with Crippen LogP contribution < -0.4 is 15.8 Å². The van der Waals surface area contributed by atoms with E-state index in [1.807, 2.05) is 61.5 Å². The summed E-state index contributed by atoms with van der Waals surface area (Å²) in [6.45, 7) is 3.05. The lowest BCUT2D eigenvalue weighted by molar-refractivity contribution is 0.0953. The van der Waals surface area contributed by atoms with Gasteiger partial charge in [0.05, 0.1) is 19.2 Å². The molecule has 0 saturated heterocycles. The summed E-state index contributed by atoms with van der Waals surface area (Å²) in [5, 5.41) is 7.63. The molecule has 3 N–H and O–H groups in total. The predicted molar refractivity (Wildman–Crippen MR) is 118 cm³/mol. The summed E-state index contributed by atoms with van der Waals surface area (Å²) in [5.41, 5.74) is 8.96. The van der Waals surface area contributed by atoms with Gasteiger partial charge in [0, 0.05) is 24.3 Å². The number of hydrogen-bond donors (Lipinski definition) is 2. The van der Waals surface area contributed by atoms with Crippen molar-refractivity contribution in [3.63, 3.8) is 0 Å². The zero-order valence-electron chi connectivity index (χ0n) is 16.7. The molecule has 0 spiro atoms. The van der Waals surface area contributed by atoms with Crippen LogP contribution in [0.5, 0.6) is 5.75 Å². The number of nitrogens with two attached hydrogens (primary N) is 1. The van der Waals surface area contributed by atoms with Crippen molar-refractivity contribution in [3.8, 4) is 17.0 Å². The molecule has 2 aromatic carbocycles. The first kappa shape index (κ1) is 22.5. The quantitative estimate of drug-likeness (QED) is 0.591. The standard InChI is InChI=1S/C22H26N4O2.ClH/c1-16(23)12-13-24-22(27)20-15-26(14-17-6-4-3-5-7-17)25-21(20)18-8-10-19(28-2)11-9-18;/h3-11,15-16H,12-14,23H2,1-2H3,(H,24,27);1H. The lowest BCUT2D eigenvalue weighted by Crippen LogP contribution is -2.29. The van der Waals surface area contributed by atoms with E-state index in [9.17, 15) is 4.79 Å². The maximum Gasteiger partial charge on any atom is 0.255 e. The van der Waals surface area contributed by atoms with Crippen molar-refractivity contribution in [1.29, 1.82) is 0 Å². The molecule has 1 unspecified atom stereocenters. The molecule has 3 aromatic rings. The number of amides is 1. The fraction of sp³-hybridized carbons (Fsp3) is 0.273. The maximum atomic E-state index is 12.8. The molecule has 7 heteroatoms. The van der Waals surface area contributed by atoms with E-state index in [2.05, 4.69) is 10.4 Å². The van der Waals surface area contributed by atoms with Crippen molar-refractivity contribution in [2.24, 2.45) is 5.73 Å². The van der Waals surface area contributed by atoms with E-state index in [1.54, 1.807) is 18.0 Å². The Bertz CT molecular complexity index is 908. The highest BCUT2D eigenvalue weighted by Gasteiger charge is 2.18. The van der Waals surface area contributed by atoms with Crippen molar-refractivity contribution < 1.29 is 9.53 Å². The molecule has 6 nitrogen and oxygen atoms in total. The van der Waals surface area contributed by atoms with Gasteiger partial charge in [-0.2, -0.15) is 5.10 Å². The number of halogens is 1. The van der Waals surface area contributed by atoms with Crippen molar-refractivity contribution >= 4 is 18.3 Å². The monoisotopic (exact) mass is 414 g/mol. The van der Waals surface area contributed by atoms with Gasteiger partial charge in [0.2, 0.25) is 0 Å². The molecule has 0 aliphatic heterocycles. The molecule has 1 amide bonds. The summed E-state index contributed by atoms with van der Waals surface area (Å²) >= 11 is 0. The Balaban J connectivity index is 0.00000300. The van der Waals surface area contributed by atoms with Crippen LogP contribution in [-0.4, -0.2) is 35.4 Å². The third-order valence-corrected chi connectivity index (χ3v) is 4.44. The van der Waals surface area contributed by atoms with E-state index in [1.165, 1.54) is 0 Å². The molecule has 1 heterocycles. The van der Waals surface area contributed by atoms with Crippen LogP contribution in [0.15, 0.2) is 60.8 Å². The molecule has 0 aliphatic carbocycles. The van der Waals surface area contributed by atoms with E-state index >= 15 is 0 Å². The highest BCUT2D eigenvalue weighted by molar-refractivity contribution is 5.99. The van der Waals surface area contributed by atoms with Gasteiger partial charge in [-0.3, -0.25) is 9.48 Å². The molecule has 3 rings (SSSR count). The van der Waals surface area contributed by atoms with Gasteiger partial charge in [-0.05, 0) is 43.2 Å². The summed E-state index contributed by atoms with van der Waals surface area (Å²) in [4.78, 5) is 12.8. The summed E-state index contributed by atoms with van der Waals surface area (Å²) in [6.07, 6.45) is 2.52. The van der Waals surface area contributed by atoms with Crippen molar-refractivity contribution in [2.75, 3.05) is 13.7 Å². The number of nitrogens with zero attached hydrogens (tertiary/aromatic N) is 2. The molecule has 1 aromatic heterocycles. The number of aromatic nitrogens is 2. The summed E-state index contributed by atoms with van der Waals surface area (Å²) < 4.78 is 7.03. The number of carbonyl (C=O) groups is 1. The van der Waals surface area contributed by atoms with Crippen molar-refractivity contribution in [2.45, 2.75) is 25.9 Å². The smallest absolute Gasteiger partial charge is 0.255 e. The molecule has 0 bridgehead atoms. The Morgan fingerprint density at radius 2 is 1.86 bits per heavy atom. The van der Waals surface area contributed by atoms with Crippen LogP contribution >= 0.6 is 12.4 Å². The van der Waals surface area contributed by atoms with Crippen LogP contribution in [-0.2, 0) is 6.54 Å². The first-order valence-corrected chi connectivity index (χ1v) is 9.36. The van der Waals surface area contributed by atoms with Crippen LogP contribution in [0.25, 0.3) is 11.3 Å². The van der Waals surface area contributed by atoms with Gasteiger partial charge in [-0.1, -0.05) is 30.3 Å². The maximum absolute atomic E-state index is 12.8. The Hall–Kier alpha value is -2.83. The zero-order chi connectivity index (χ0) is 19.9. The Kier molecular flexibility index (Phi) is 8.24.